The van der Waals surface area contributed by atoms with E-state index in [4.69, 9.17) is 0 Å². The molecule has 2 saturated carbocycles. The van der Waals surface area contributed by atoms with Crippen LogP contribution in [0.1, 0.15) is 27.2 Å². The van der Waals surface area contributed by atoms with E-state index in [2.05, 4.69) is 27.4 Å². The van der Waals surface area contributed by atoms with Crippen LogP contribution in [0, 0.1) is 23.2 Å². The standard InChI is InChI=1S/C10H16/c1-6(2)10-5-7(3)9(10)8(10)4/h6,8-9H,3,5H2,1-2,4H3. The molecule has 3 atom stereocenters. The van der Waals surface area contributed by atoms with Gasteiger partial charge < -0.3 is 0 Å². The fourth-order valence-electron chi connectivity index (χ4n) is 3.12. The van der Waals surface area contributed by atoms with Crippen molar-refractivity contribution in [2.45, 2.75) is 27.2 Å². The fourth-order valence-corrected chi connectivity index (χ4v) is 3.12. The molecule has 2 aliphatic carbocycles. The molecule has 0 aromatic rings. The molecule has 0 aromatic heterocycles. The summed E-state index contributed by atoms with van der Waals surface area (Å²) < 4.78 is 0. The zero-order valence-electron chi connectivity index (χ0n) is 7.15. The summed E-state index contributed by atoms with van der Waals surface area (Å²) >= 11 is 0. The van der Waals surface area contributed by atoms with Gasteiger partial charge in [0.2, 0.25) is 0 Å². The van der Waals surface area contributed by atoms with E-state index < -0.39 is 0 Å². The molecule has 56 valence electrons. The highest BCUT2D eigenvalue weighted by Crippen LogP contribution is 2.77. The summed E-state index contributed by atoms with van der Waals surface area (Å²) in [4.78, 5) is 0. The Morgan fingerprint density at radius 2 is 2.20 bits per heavy atom. The maximum absolute atomic E-state index is 4.06. The van der Waals surface area contributed by atoms with Crippen molar-refractivity contribution in [3.63, 3.8) is 0 Å². The van der Waals surface area contributed by atoms with Crippen LogP contribution < -0.4 is 0 Å². The van der Waals surface area contributed by atoms with E-state index in [0.717, 1.165) is 23.2 Å². The van der Waals surface area contributed by atoms with Crippen LogP contribution in [-0.4, -0.2) is 0 Å². The third-order valence-corrected chi connectivity index (χ3v) is 3.87. The van der Waals surface area contributed by atoms with Crippen molar-refractivity contribution < 1.29 is 0 Å². The molecule has 0 bridgehead atoms. The second kappa shape index (κ2) is 1.49. The zero-order valence-corrected chi connectivity index (χ0v) is 7.15. The molecular weight excluding hydrogens is 120 g/mol. The molecule has 0 amide bonds. The first kappa shape index (κ1) is 6.45. The lowest BCUT2D eigenvalue weighted by Gasteiger charge is -2.31. The van der Waals surface area contributed by atoms with Crippen molar-refractivity contribution in [3.05, 3.63) is 12.2 Å². The molecule has 0 aliphatic heterocycles. The van der Waals surface area contributed by atoms with Crippen molar-refractivity contribution in [1.29, 1.82) is 0 Å². The molecule has 2 aliphatic rings. The quantitative estimate of drug-likeness (QED) is 0.486. The topological polar surface area (TPSA) is 0 Å². The van der Waals surface area contributed by atoms with Gasteiger partial charge in [0.05, 0.1) is 0 Å². The Balaban J connectivity index is 2.19. The molecule has 0 heterocycles. The summed E-state index contributed by atoms with van der Waals surface area (Å²) in [6, 6.07) is 0. The van der Waals surface area contributed by atoms with Crippen LogP contribution in [0.2, 0.25) is 0 Å². The van der Waals surface area contributed by atoms with Crippen molar-refractivity contribution in [1.82, 2.24) is 0 Å². The Morgan fingerprint density at radius 1 is 1.60 bits per heavy atom. The molecular formula is C10H16. The van der Waals surface area contributed by atoms with Gasteiger partial charge >= 0.3 is 0 Å². The van der Waals surface area contributed by atoms with Crippen LogP contribution in [0.3, 0.4) is 0 Å². The molecule has 0 spiro atoms. The van der Waals surface area contributed by atoms with Gasteiger partial charge in [-0.25, -0.2) is 0 Å². The number of allylic oxidation sites excluding steroid dienone is 1. The predicted octanol–water partition coefficient (Wildman–Crippen LogP) is 2.85. The lowest BCUT2D eigenvalue weighted by atomic mass is 9.73. The highest BCUT2D eigenvalue weighted by molar-refractivity contribution is 5.36. The Morgan fingerprint density at radius 3 is 2.30 bits per heavy atom. The molecule has 0 nitrogen and oxygen atoms in total. The van der Waals surface area contributed by atoms with Gasteiger partial charge in [-0.2, -0.15) is 0 Å². The normalized spacial score (nSPS) is 50.6. The minimum atomic E-state index is 0.719. The van der Waals surface area contributed by atoms with Gasteiger partial charge in [-0.1, -0.05) is 32.9 Å². The Hall–Kier alpha value is -0.260. The first-order valence-corrected chi connectivity index (χ1v) is 4.28. The van der Waals surface area contributed by atoms with Crippen LogP contribution >= 0.6 is 0 Å². The third kappa shape index (κ3) is 0.426. The van der Waals surface area contributed by atoms with Crippen LogP contribution in [0.15, 0.2) is 12.2 Å². The molecule has 0 heteroatoms. The van der Waals surface area contributed by atoms with E-state index in [-0.39, 0.29) is 0 Å². The van der Waals surface area contributed by atoms with Crippen LogP contribution in [0.5, 0.6) is 0 Å². The average molecular weight is 136 g/mol. The largest absolute Gasteiger partial charge is 0.0995 e. The molecule has 0 N–H and O–H groups in total. The Labute approximate surface area is 63.3 Å². The Bertz CT molecular complexity index is 190. The summed E-state index contributed by atoms with van der Waals surface area (Å²) in [6.07, 6.45) is 1.32. The first-order chi connectivity index (χ1) is 4.60. The second-order valence-corrected chi connectivity index (χ2v) is 4.37. The summed E-state index contributed by atoms with van der Waals surface area (Å²) in [5, 5.41) is 0. The third-order valence-electron chi connectivity index (χ3n) is 3.87. The van der Waals surface area contributed by atoms with E-state index in [1.54, 1.807) is 0 Å². The minimum Gasteiger partial charge on any atom is -0.0995 e. The van der Waals surface area contributed by atoms with Crippen molar-refractivity contribution >= 4 is 0 Å². The first-order valence-electron chi connectivity index (χ1n) is 4.28. The SMILES string of the molecule is C=C1CC2(C(C)C)C(C)C12. The second-order valence-electron chi connectivity index (χ2n) is 4.37. The molecule has 10 heavy (non-hydrogen) atoms. The lowest BCUT2D eigenvalue weighted by molar-refractivity contribution is 0.264. The van der Waals surface area contributed by atoms with Gasteiger partial charge in [0.1, 0.15) is 0 Å². The van der Waals surface area contributed by atoms with Gasteiger partial charge in [-0.3, -0.25) is 0 Å². The van der Waals surface area contributed by atoms with Gasteiger partial charge in [-0.15, -0.1) is 0 Å². The molecule has 2 fully saturated rings. The monoisotopic (exact) mass is 136 g/mol. The summed E-state index contributed by atoms with van der Waals surface area (Å²) in [7, 11) is 0. The molecule has 0 radical (unpaired) electrons. The summed E-state index contributed by atoms with van der Waals surface area (Å²) in [5.41, 5.74) is 2.23. The van der Waals surface area contributed by atoms with Crippen molar-refractivity contribution in [2.24, 2.45) is 23.2 Å². The minimum absolute atomic E-state index is 0.719. The Kier molecular flexibility index (Phi) is 0.962. The van der Waals surface area contributed by atoms with Crippen molar-refractivity contribution in [2.75, 3.05) is 0 Å². The summed E-state index contributed by atoms with van der Waals surface area (Å²) in [5.74, 6) is 2.73. The smallest absolute Gasteiger partial charge is 0.0109 e. The van der Waals surface area contributed by atoms with E-state index in [1.165, 1.54) is 12.0 Å². The van der Waals surface area contributed by atoms with Gasteiger partial charge in [0.25, 0.3) is 0 Å². The maximum Gasteiger partial charge on any atom is -0.0109 e. The number of hydrogen-bond donors (Lipinski definition) is 0. The zero-order chi connectivity index (χ0) is 7.52. The fraction of sp³-hybridized carbons (Fsp3) is 0.800. The number of hydrogen-bond acceptors (Lipinski definition) is 0. The highest BCUT2D eigenvalue weighted by atomic mass is 14.7. The molecule has 3 unspecified atom stereocenters. The maximum atomic E-state index is 4.06. The predicted molar refractivity (Wildman–Crippen MR) is 43.7 cm³/mol. The van der Waals surface area contributed by atoms with E-state index in [1.807, 2.05) is 0 Å². The number of fused-ring (bicyclic) bond motifs is 1. The molecule has 0 aromatic carbocycles. The molecule has 2 rings (SSSR count). The highest BCUT2D eigenvalue weighted by Gasteiger charge is 2.70. The van der Waals surface area contributed by atoms with Gasteiger partial charge in [0, 0.05) is 0 Å². The van der Waals surface area contributed by atoms with Crippen LogP contribution in [-0.2, 0) is 0 Å². The van der Waals surface area contributed by atoms with E-state index in [9.17, 15) is 0 Å². The average Bonchev–Trinajstić information content (AvgIpc) is 2.28. The van der Waals surface area contributed by atoms with Crippen LogP contribution in [0.25, 0.3) is 0 Å². The number of rotatable bonds is 1. The van der Waals surface area contributed by atoms with E-state index in [0.29, 0.717) is 0 Å². The van der Waals surface area contributed by atoms with Crippen molar-refractivity contribution in [3.8, 4) is 0 Å². The van der Waals surface area contributed by atoms with E-state index >= 15 is 0 Å². The lowest BCUT2D eigenvalue weighted by Crippen LogP contribution is -2.23. The van der Waals surface area contributed by atoms with Gasteiger partial charge in [0.15, 0.2) is 0 Å². The summed E-state index contributed by atoms with van der Waals surface area (Å²) in [6.45, 7) is 11.1. The van der Waals surface area contributed by atoms with Crippen LogP contribution in [0.4, 0.5) is 0 Å². The molecule has 0 saturated heterocycles. The van der Waals surface area contributed by atoms with Gasteiger partial charge in [-0.05, 0) is 29.6 Å².